The van der Waals surface area contributed by atoms with E-state index < -0.39 is 0 Å². The highest BCUT2D eigenvalue weighted by Gasteiger charge is 2.35. The second-order valence-electron chi connectivity index (χ2n) is 7.55. The minimum absolute atomic E-state index is 0.298. The summed E-state index contributed by atoms with van der Waals surface area (Å²) >= 11 is 0. The Bertz CT molecular complexity index is 814. The van der Waals surface area contributed by atoms with Gasteiger partial charge in [-0.25, -0.2) is 0 Å². The first-order chi connectivity index (χ1) is 12.6. The minimum atomic E-state index is 0.298. The molecule has 2 fully saturated rings. The van der Waals surface area contributed by atoms with Crippen LogP contribution in [0.4, 0.5) is 0 Å². The summed E-state index contributed by atoms with van der Waals surface area (Å²) in [6.07, 6.45) is 4.31. The monoisotopic (exact) mass is 350 g/mol. The fraction of sp³-hybridized carbons (Fsp3) is 0.455. The second kappa shape index (κ2) is 7.10. The fourth-order valence-corrected chi connectivity index (χ4v) is 3.88. The summed E-state index contributed by atoms with van der Waals surface area (Å²) in [7, 11) is 1.69. The third-order valence-electron chi connectivity index (χ3n) is 5.45. The van der Waals surface area contributed by atoms with Gasteiger partial charge in [-0.1, -0.05) is 12.1 Å². The normalized spacial score (nSPS) is 20.1. The van der Waals surface area contributed by atoms with E-state index in [1.807, 2.05) is 19.1 Å². The van der Waals surface area contributed by atoms with E-state index in [-0.39, 0.29) is 0 Å². The van der Waals surface area contributed by atoms with Gasteiger partial charge in [0, 0.05) is 36.3 Å². The molecule has 0 radical (unpaired) electrons. The molecule has 1 aromatic heterocycles. The first-order valence-corrected chi connectivity index (χ1v) is 9.56. The van der Waals surface area contributed by atoms with Gasteiger partial charge < -0.3 is 9.64 Å². The molecule has 26 heavy (non-hydrogen) atoms. The van der Waals surface area contributed by atoms with Crippen LogP contribution in [0.2, 0.25) is 0 Å². The number of methoxy groups -OCH3 is 1. The van der Waals surface area contributed by atoms with Gasteiger partial charge in [-0.05, 0) is 68.0 Å². The molecule has 1 aromatic carbocycles. The predicted octanol–water partition coefficient (Wildman–Crippen LogP) is 4.18. The number of amides is 1. The van der Waals surface area contributed by atoms with Crippen LogP contribution in [0, 0.1) is 12.8 Å². The molecule has 1 saturated heterocycles. The van der Waals surface area contributed by atoms with Crippen molar-refractivity contribution in [3.05, 3.63) is 47.8 Å². The van der Waals surface area contributed by atoms with Crippen LogP contribution < -0.4 is 4.74 Å². The van der Waals surface area contributed by atoms with E-state index in [4.69, 9.17) is 9.72 Å². The van der Waals surface area contributed by atoms with E-state index in [1.54, 1.807) is 7.11 Å². The van der Waals surface area contributed by atoms with Crippen molar-refractivity contribution in [2.24, 2.45) is 5.92 Å². The Morgan fingerprint density at radius 2 is 2.00 bits per heavy atom. The average molecular weight is 350 g/mol. The topological polar surface area (TPSA) is 42.4 Å². The number of likely N-dealkylation sites (tertiary alicyclic amines) is 1. The Morgan fingerprint density at radius 3 is 2.77 bits per heavy atom. The van der Waals surface area contributed by atoms with E-state index in [9.17, 15) is 4.79 Å². The second-order valence-corrected chi connectivity index (χ2v) is 7.55. The van der Waals surface area contributed by atoms with Gasteiger partial charge in [-0.2, -0.15) is 0 Å². The molecule has 0 bridgehead atoms. The molecule has 1 amide bonds. The van der Waals surface area contributed by atoms with Gasteiger partial charge in [-0.15, -0.1) is 0 Å². The molecule has 1 atom stereocenters. The zero-order valence-electron chi connectivity index (χ0n) is 15.6. The Labute approximate surface area is 155 Å². The lowest BCUT2D eigenvalue weighted by Gasteiger charge is -2.33. The maximum Gasteiger partial charge on any atom is 0.225 e. The van der Waals surface area contributed by atoms with Gasteiger partial charge in [0.05, 0.1) is 7.11 Å². The number of carbonyl (C=O) groups is 1. The number of hydrogen-bond acceptors (Lipinski definition) is 3. The molecule has 1 aliphatic carbocycles. The Kier molecular flexibility index (Phi) is 4.66. The summed E-state index contributed by atoms with van der Waals surface area (Å²) in [5, 5.41) is 0. The number of aromatic nitrogens is 1. The maximum atomic E-state index is 12.5. The zero-order valence-corrected chi connectivity index (χ0v) is 15.6. The Hall–Kier alpha value is -2.36. The van der Waals surface area contributed by atoms with Crippen molar-refractivity contribution in [2.75, 3.05) is 20.2 Å². The summed E-state index contributed by atoms with van der Waals surface area (Å²) in [6.45, 7) is 3.76. The molecule has 0 spiro atoms. The molecule has 4 nitrogen and oxygen atoms in total. The molecule has 1 saturated carbocycles. The highest BCUT2D eigenvalue weighted by Crippen LogP contribution is 2.35. The van der Waals surface area contributed by atoms with E-state index >= 15 is 0 Å². The number of piperidine rings is 1. The maximum absolute atomic E-state index is 12.5. The Morgan fingerprint density at radius 1 is 1.15 bits per heavy atom. The molecule has 4 heteroatoms. The SMILES string of the molecule is COc1cccc(-c2cc(C)nc(C3CCCN(C(=O)C4CC4)C3)c2)c1. The van der Waals surface area contributed by atoms with Crippen LogP contribution in [0.25, 0.3) is 11.1 Å². The van der Waals surface area contributed by atoms with Gasteiger partial charge in [-0.3, -0.25) is 9.78 Å². The van der Waals surface area contributed by atoms with Crippen LogP contribution >= 0.6 is 0 Å². The van der Waals surface area contributed by atoms with Gasteiger partial charge in [0.25, 0.3) is 0 Å². The average Bonchev–Trinajstić information content (AvgIpc) is 3.52. The standard InChI is InChI=1S/C22H26N2O2/c1-15-11-19(17-5-3-7-20(12-17)26-2)13-21(23-15)18-6-4-10-24(14-18)22(25)16-8-9-16/h3,5,7,11-13,16,18H,4,6,8-10,14H2,1-2H3. The molecular weight excluding hydrogens is 324 g/mol. The largest absolute Gasteiger partial charge is 0.497 e. The molecular formula is C22H26N2O2. The van der Waals surface area contributed by atoms with Crippen molar-refractivity contribution in [2.45, 2.75) is 38.5 Å². The van der Waals surface area contributed by atoms with E-state index in [1.165, 1.54) is 0 Å². The van der Waals surface area contributed by atoms with Crippen LogP contribution in [-0.2, 0) is 4.79 Å². The van der Waals surface area contributed by atoms with Crippen molar-refractivity contribution >= 4 is 5.91 Å². The number of pyridine rings is 1. The summed E-state index contributed by atoms with van der Waals surface area (Å²) in [5.41, 5.74) is 4.43. The first-order valence-electron chi connectivity index (χ1n) is 9.56. The fourth-order valence-electron chi connectivity index (χ4n) is 3.88. The molecule has 0 N–H and O–H groups in total. The summed E-state index contributed by atoms with van der Waals surface area (Å²) in [6, 6.07) is 12.4. The lowest BCUT2D eigenvalue weighted by Crippen LogP contribution is -2.40. The minimum Gasteiger partial charge on any atom is -0.497 e. The van der Waals surface area contributed by atoms with Gasteiger partial charge in [0.1, 0.15) is 5.75 Å². The summed E-state index contributed by atoms with van der Waals surface area (Å²) < 4.78 is 5.36. The van der Waals surface area contributed by atoms with Crippen LogP contribution in [0.1, 0.15) is 43.0 Å². The quantitative estimate of drug-likeness (QED) is 0.831. The third kappa shape index (κ3) is 3.59. The molecule has 1 aliphatic heterocycles. The predicted molar refractivity (Wildman–Crippen MR) is 102 cm³/mol. The third-order valence-corrected chi connectivity index (χ3v) is 5.45. The lowest BCUT2D eigenvalue weighted by atomic mass is 9.92. The highest BCUT2D eigenvalue weighted by molar-refractivity contribution is 5.81. The number of carbonyl (C=O) groups excluding carboxylic acids is 1. The van der Waals surface area contributed by atoms with E-state index in [0.29, 0.717) is 17.7 Å². The smallest absolute Gasteiger partial charge is 0.225 e. The van der Waals surface area contributed by atoms with Crippen molar-refractivity contribution in [1.29, 1.82) is 0 Å². The summed E-state index contributed by atoms with van der Waals surface area (Å²) in [5.74, 6) is 1.84. The molecule has 136 valence electrons. The summed E-state index contributed by atoms with van der Waals surface area (Å²) in [4.78, 5) is 19.3. The molecule has 2 heterocycles. The van der Waals surface area contributed by atoms with E-state index in [0.717, 1.165) is 67.0 Å². The number of ether oxygens (including phenoxy) is 1. The number of hydrogen-bond donors (Lipinski definition) is 0. The van der Waals surface area contributed by atoms with Gasteiger partial charge in [0.2, 0.25) is 5.91 Å². The van der Waals surface area contributed by atoms with Gasteiger partial charge in [0.15, 0.2) is 0 Å². The molecule has 2 aliphatic rings. The van der Waals surface area contributed by atoms with Crippen molar-refractivity contribution < 1.29 is 9.53 Å². The van der Waals surface area contributed by atoms with Crippen LogP contribution in [0.3, 0.4) is 0 Å². The lowest BCUT2D eigenvalue weighted by molar-refractivity contribution is -0.133. The van der Waals surface area contributed by atoms with Gasteiger partial charge >= 0.3 is 0 Å². The number of nitrogens with zero attached hydrogens (tertiary/aromatic N) is 2. The van der Waals surface area contributed by atoms with Crippen LogP contribution in [0.15, 0.2) is 36.4 Å². The van der Waals surface area contributed by atoms with Crippen LogP contribution in [0.5, 0.6) is 5.75 Å². The number of aryl methyl sites for hydroxylation is 1. The number of benzene rings is 1. The molecule has 2 aromatic rings. The van der Waals surface area contributed by atoms with Crippen molar-refractivity contribution in [1.82, 2.24) is 9.88 Å². The number of rotatable bonds is 4. The zero-order chi connectivity index (χ0) is 18.1. The first kappa shape index (κ1) is 17.1. The van der Waals surface area contributed by atoms with Crippen LogP contribution in [-0.4, -0.2) is 36.0 Å². The van der Waals surface area contributed by atoms with Crippen molar-refractivity contribution in [3.8, 4) is 16.9 Å². The molecule has 1 unspecified atom stereocenters. The van der Waals surface area contributed by atoms with E-state index in [2.05, 4.69) is 29.2 Å². The highest BCUT2D eigenvalue weighted by atomic mass is 16.5. The van der Waals surface area contributed by atoms with Crippen molar-refractivity contribution in [3.63, 3.8) is 0 Å². The Balaban J connectivity index is 1.60. The molecule has 4 rings (SSSR count).